The number of primary sulfonamides is 1. The summed E-state index contributed by atoms with van der Waals surface area (Å²) in [6, 6.07) is 24.3. The van der Waals surface area contributed by atoms with E-state index >= 15 is 0 Å². The Morgan fingerprint density at radius 2 is 1.51 bits per heavy atom. The number of nitrogens with zero attached hydrogens (tertiary/aromatic N) is 1. The van der Waals surface area contributed by atoms with Gasteiger partial charge in [-0.2, -0.15) is 0 Å². The maximum atomic E-state index is 12.7. The Balaban J connectivity index is 1.19. The Hall–Kier alpha value is -4.62. The molecule has 0 bridgehead atoms. The van der Waals surface area contributed by atoms with Gasteiger partial charge >= 0.3 is 0 Å². The standard InChI is InChI=1S/C33H38N6O5S/c1-22(36-21-30(40)28-11-14-31(34)37-20-28)15-25-3-2-4-26(16-25)17-32(41)38-18-23-5-9-27(10-6-23)33(42)39-19-24-7-12-29(13-8-24)45(35,43)44/h2-14,16,20,22,30,36,40H,15,17-19,21H2,1H3,(H2,34,37)(H,38,41)(H,39,42)(H2,35,43,44)/t22?,30-/m0/s1. The minimum absolute atomic E-state index is 0.00887. The lowest BCUT2D eigenvalue weighted by Crippen LogP contribution is -2.32. The first kappa shape index (κ1) is 33.3. The monoisotopic (exact) mass is 630 g/mol. The molecule has 3 aromatic carbocycles. The van der Waals surface area contributed by atoms with E-state index in [0.717, 1.165) is 28.7 Å². The number of aromatic nitrogens is 1. The number of anilines is 1. The third kappa shape index (κ3) is 10.5. The van der Waals surface area contributed by atoms with E-state index in [0.29, 0.717) is 30.0 Å². The molecule has 2 atom stereocenters. The van der Waals surface area contributed by atoms with Crippen LogP contribution in [0.2, 0.25) is 0 Å². The van der Waals surface area contributed by atoms with Crippen molar-refractivity contribution in [2.75, 3.05) is 12.3 Å². The Labute approximate surface area is 263 Å². The van der Waals surface area contributed by atoms with Crippen molar-refractivity contribution >= 4 is 27.7 Å². The number of hydrogen-bond donors (Lipinski definition) is 6. The molecule has 0 saturated heterocycles. The van der Waals surface area contributed by atoms with E-state index in [2.05, 4.69) is 20.9 Å². The molecule has 0 radical (unpaired) electrons. The van der Waals surface area contributed by atoms with Gasteiger partial charge in [-0.15, -0.1) is 0 Å². The number of rotatable bonds is 14. The Morgan fingerprint density at radius 1 is 0.867 bits per heavy atom. The average molecular weight is 631 g/mol. The van der Waals surface area contributed by atoms with Crippen molar-refractivity contribution in [2.24, 2.45) is 5.14 Å². The van der Waals surface area contributed by atoms with E-state index < -0.39 is 16.1 Å². The third-order valence-electron chi connectivity index (χ3n) is 7.16. The number of nitrogens with one attached hydrogen (secondary N) is 3. The number of pyridine rings is 1. The van der Waals surface area contributed by atoms with Gasteiger partial charge in [0, 0.05) is 43.0 Å². The number of sulfonamides is 1. The van der Waals surface area contributed by atoms with Crippen molar-refractivity contribution in [3.8, 4) is 0 Å². The minimum atomic E-state index is -3.77. The lowest BCUT2D eigenvalue weighted by molar-refractivity contribution is -0.120. The summed E-state index contributed by atoms with van der Waals surface area (Å²) in [7, 11) is -3.77. The molecule has 0 aliphatic heterocycles. The fraction of sp³-hybridized carbons (Fsp3) is 0.242. The van der Waals surface area contributed by atoms with Gasteiger partial charge in [0.1, 0.15) is 5.82 Å². The zero-order valence-electron chi connectivity index (χ0n) is 24.9. The van der Waals surface area contributed by atoms with Gasteiger partial charge in [-0.3, -0.25) is 9.59 Å². The van der Waals surface area contributed by atoms with Crippen LogP contribution >= 0.6 is 0 Å². The Bertz CT molecular complexity index is 1700. The van der Waals surface area contributed by atoms with Crippen molar-refractivity contribution in [3.63, 3.8) is 0 Å². The molecule has 8 N–H and O–H groups in total. The van der Waals surface area contributed by atoms with Crippen LogP contribution in [-0.2, 0) is 40.7 Å². The van der Waals surface area contributed by atoms with Gasteiger partial charge in [-0.25, -0.2) is 18.5 Å². The first-order valence-electron chi connectivity index (χ1n) is 14.4. The number of benzene rings is 3. The molecular weight excluding hydrogens is 592 g/mol. The SMILES string of the molecule is CC(Cc1cccc(CC(=O)NCc2ccc(C(=O)NCc3ccc(S(N)(=O)=O)cc3)cc2)c1)NC[C@H](O)c1ccc(N)nc1. The summed E-state index contributed by atoms with van der Waals surface area (Å²) >= 11 is 0. The van der Waals surface area contributed by atoms with Crippen molar-refractivity contribution in [1.82, 2.24) is 20.9 Å². The molecule has 45 heavy (non-hydrogen) atoms. The normalized spacial score (nSPS) is 12.7. The quantitative estimate of drug-likeness (QED) is 0.122. The summed E-state index contributed by atoms with van der Waals surface area (Å²) < 4.78 is 22.8. The molecule has 0 saturated carbocycles. The van der Waals surface area contributed by atoms with Crippen molar-refractivity contribution in [1.29, 1.82) is 0 Å². The summed E-state index contributed by atoms with van der Waals surface area (Å²) in [4.78, 5) is 29.2. The molecule has 1 aromatic heterocycles. The van der Waals surface area contributed by atoms with Crippen LogP contribution in [0.25, 0.3) is 0 Å². The number of aliphatic hydroxyl groups excluding tert-OH is 1. The lowest BCUT2D eigenvalue weighted by atomic mass is 10.0. The summed E-state index contributed by atoms with van der Waals surface area (Å²) in [6.45, 7) is 2.97. The molecular formula is C33H38N6O5S. The fourth-order valence-corrected chi connectivity index (χ4v) is 5.16. The van der Waals surface area contributed by atoms with Crippen LogP contribution in [0.5, 0.6) is 0 Å². The molecule has 0 fully saturated rings. The summed E-state index contributed by atoms with van der Waals surface area (Å²) in [5.41, 5.74) is 10.3. The van der Waals surface area contributed by atoms with Gasteiger partial charge in [0.05, 0.1) is 17.4 Å². The van der Waals surface area contributed by atoms with Crippen LogP contribution in [0.15, 0.2) is 96.0 Å². The van der Waals surface area contributed by atoms with Gasteiger partial charge < -0.3 is 26.8 Å². The van der Waals surface area contributed by atoms with Crippen molar-refractivity contribution in [3.05, 3.63) is 125 Å². The summed E-state index contributed by atoms with van der Waals surface area (Å²) in [5.74, 6) is 0.0140. The maximum Gasteiger partial charge on any atom is 0.251 e. The molecule has 4 aromatic rings. The van der Waals surface area contributed by atoms with Crippen LogP contribution in [0.3, 0.4) is 0 Å². The molecule has 1 heterocycles. The first-order valence-corrected chi connectivity index (χ1v) is 16.0. The summed E-state index contributed by atoms with van der Waals surface area (Å²) in [5, 5.41) is 24.6. The van der Waals surface area contributed by atoms with E-state index in [1.54, 1.807) is 54.7 Å². The molecule has 0 aliphatic carbocycles. The maximum absolute atomic E-state index is 12.7. The second kappa shape index (κ2) is 15.4. The van der Waals surface area contributed by atoms with E-state index in [1.165, 1.54) is 12.1 Å². The minimum Gasteiger partial charge on any atom is -0.387 e. The first-order chi connectivity index (χ1) is 21.5. The van der Waals surface area contributed by atoms with Crippen molar-refractivity contribution < 1.29 is 23.1 Å². The smallest absolute Gasteiger partial charge is 0.251 e. The number of nitrogen functional groups attached to an aromatic ring is 1. The Morgan fingerprint density at radius 3 is 2.16 bits per heavy atom. The predicted octanol–water partition coefficient (Wildman–Crippen LogP) is 2.35. The number of nitrogens with two attached hydrogens (primary N) is 2. The van der Waals surface area contributed by atoms with Gasteiger partial charge in [0.25, 0.3) is 5.91 Å². The fourth-order valence-electron chi connectivity index (χ4n) is 4.64. The average Bonchev–Trinajstić information content (AvgIpc) is 3.02. The highest BCUT2D eigenvalue weighted by Crippen LogP contribution is 2.14. The van der Waals surface area contributed by atoms with E-state index in [4.69, 9.17) is 10.9 Å². The van der Waals surface area contributed by atoms with Crippen LogP contribution in [0, 0.1) is 0 Å². The number of hydrogen-bond acceptors (Lipinski definition) is 8. The highest BCUT2D eigenvalue weighted by molar-refractivity contribution is 7.89. The molecule has 4 rings (SSSR count). The second-order valence-electron chi connectivity index (χ2n) is 10.9. The van der Waals surface area contributed by atoms with Crippen LogP contribution < -0.4 is 26.8 Å². The molecule has 0 aliphatic rings. The van der Waals surface area contributed by atoms with Gasteiger partial charge in [0.2, 0.25) is 15.9 Å². The number of carbonyl (C=O) groups is 2. The van der Waals surface area contributed by atoms with Crippen LogP contribution in [0.4, 0.5) is 5.82 Å². The predicted molar refractivity (Wildman–Crippen MR) is 172 cm³/mol. The molecule has 1 unspecified atom stereocenters. The van der Waals surface area contributed by atoms with Crippen LogP contribution in [-0.4, -0.2) is 42.9 Å². The zero-order chi connectivity index (χ0) is 32.4. The third-order valence-corrected chi connectivity index (χ3v) is 8.09. The highest BCUT2D eigenvalue weighted by Gasteiger charge is 2.12. The molecule has 236 valence electrons. The van der Waals surface area contributed by atoms with E-state index in [-0.39, 0.29) is 35.7 Å². The van der Waals surface area contributed by atoms with Gasteiger partial charge in [-0.1, -0.05) is 54.6 Å². The largest absolute Gasteiger partial charge is 0.387 e. The molecule has 12 heteroatoms. The van der Waals surface area contributed by atoms with Gasteiger partial charge in [-0.05, 0) is 65.9 Å². The Kier molecular flexibility index (Phi) is 11.4. The molecule has 0 spiro atoms. The lowest BCUT2D eigenvalue weighted by Gasteiger charge is -2.18. The van der Waals surface area contributed by atoms with Crippen molar-refractivity contribution in [2.45, 2.75) is 49.9 Å². The highest BCUT2D eigenvalue weighted by atomic mass is 32.2. The number of aliphatic hydroxyl groups is 1. The van der Waals surface area contributed by atoms with Gasteiger partial charge in [0.15, 0.2) is 0 Å². The molecule has 11 nitrogen and oxygen atoms in total. The summed E-state index contributed by atoms with van der Waals surface area (Å²) in [6.07, 6.45) is 1.84. The molecule has 2 amide bonds. The second-order valence-corrected chi connectivity index (χ2v) is 12.4. The topological polar surface area (TPSA) is 190 Å². The van der Waals surface area contributed by atoms with E-state index in [1.807, 2.05) is 31.2 Å². The number of carbonyl (C=O) groups excluding carboxylic acids is 2. The number of amides is 2. The van der Waals surface area contributed by atoms with Crippen LogP contribution in [0.1, 0.15) is 51.2 Å². The van der Waals surface area contributed by atoms with E-state index in [9.17, 15) is 23.1 Å². The zero-order valence-corrected chi connectivity index (χ0v) is 25.8.